The third-order valence-corrected chi connectivity index (χ3v) is 6.42. The van der Waals surface area contributed by atoms with E-state index in [0.717, 1.165) is 54.9 Å². The lowest BCUT2D eigenvalue weighted by Gasteiger charge is -2.41. The standard InChI is InChI=1S/C23H27N5O3/c1-15-12-27(23(31)17-4-5-17)21-10-18(6-7-20(21)28(15)16(2)29)19-11-24-26(13-19)14-22(30)25-8-3-9-25/h6-7,10-11,13,15,17H,3-5,8-9,12,14H2,1-2H3/t15-/m0/s1. The molecule has 3 aliphatic rings. The lowest BCUT2D eigenvalue weighted by molar-refractivity contribution is -0.135. The molecule has 1 saturated carbocycles. The molecular formula is C23H27N5O3. The van der Waals surface area contributed by atoms with Crippen molar-refractivity contribution in [1.82, 2.24) is 14.7 Å². The molecular weight excluding hydrogens is 394 g/mol. The highest BCUT2D eigenvalue weighted by Crippen LogP contribution is 2.42. The second kappa shape index (κ2) is 7.51. The Kier molecular flexibility index (Phi) is 4.79. The maximum Gasteiger partial charge on any atom is 0.244 e. The van der Waals surface area contributed by atoms with Crippen molar-refractivity contribution >= 4 is 29.1 Å². The van der Waals surface area contributed by atoms with Gasteiger partial charge in [-0.3, -0.25) is 19.1 Å². The molecule has 3 heterocycles. The minimum Gasteiger partial charge on any atom is -0.341 e. The third-order valence-electron chi connectivity index (χ3n) is 6.42. The number of hydrogen-bond donors (Lipinski definition) is 0. The Hall–Kier alpha value is -3.16. The summed E-state index contributed by atoms with van der Waals surface area (Å²) in [6.45, 7) is 5.92. The first kappa shape index (κ1) is 19.8. The topological polar surface area (TPSA) is 78.8 Å². The van der Waals surface area contributed by atoms with E-state index in [-0.39, 0.29) is 36.2 Å². The Balaban J connectivity index is 1.46. The van der Waals surface area contributed by atoms with Crippen molar-refractivity contribution in [2.45, 2.75) is 45.7 Å². The predicted octanol–water partition coefficient (Wildman–Crippen LogP) is 2.28. The molecule has 3 amide bonds. The van der Waals surface area contributed by atoms with Crippen molar-refractivity contribution in [3.05, 3.63) is 30.6 Å². The fourth-order valence-corrected chi connectivity index (χ4v) is 4.45. The first-order valence-electron chi connectivity index (χ1n) is 11.0. The van der Waals surface area contributed by atoms with Gasteiger partial charge in [0, 0.05) is 44.2 Å². The second-order valence-corrected chi connectivity index (χ2v) is 8.83. The number of rotatable bonds is 4. The summed E-state index contributed by atoms with van der Waals surface area (Å²) >= 11 is 0. The van der Waals surface area contributed by atoms with E-state index in [0.29, 0.717) is 6.54 Å². The Bertz CT molecular complexity index is 1050. The molecule has 8 heteroatoms. The predicted molar refractivity (Wildman–Crippen MR) is 117 cm³/mol. The van der Waals surface area contributed by atoms with E-state index in [1.807, 2.05) is 41.1 Å². The minimum absolute atomic E-state index is 0.0302. The number of anilines is 2. The van der Waals surface area contributed by atoms with Crippen molar-refractivity contribution in [1.29, 1.82) is 0 Å². The molecule has 0 unspecified atom stereocenters. The Morgan fingerprint density at radius 1 is 1.10 bits per heavy atom. The summed E-state index contributed by atoms with van der Waals surface area (Å²) in [7, 11) is 0. The molecule has 2 aromatic rings. The maximum atomic E-state index is 13.0. The molecule has 8 nitrogen and oxygen atoms in total. The van der Waals surface area contributed by atoms with Crippen LogP contribution in [0, 0.1) is 5.92 Å². The molecule has 1 aliphatic carbocycles. The summed E-state index contributed by atoms with van der Waals surface area (Å²) in [5.41, 5.74) is 3.33. The van der Waals surface area contributed by atoms with Crippen LogP contribution in [0.1, 0.15) is 33.1 Å². The summed E-state index contributed by atoms with van der Waals surface area (Å²) in [5, 5.41) is 4.36. The molecule has 2 aliphatic heterocycles. The van der Waals surface area contributed by atoms with E-state index in [1.165, 1.54) is 0 Å². The van der Waals surface area contributed by atoms with Crippen molar-refractivity contribution < 1.29 is 14.4 Å². The van der Waals surface area contributed by atoms with Gasteiger partial charge in [0.2, 0.25) is 17.7 Å². The SMILES string of the molecule is CC(=O)N1c2ccc(-c3cnn(CC(=O)N4CCC4)c3)cc2N(C(=O)C2CC2)C[C@@H]1C. The van der Waals surface area contributed by atoms with Gasteiger partial charge in [-0.05, 0) is 43.9 Å². The second-order valence-electron chi connectivity index (χ2n) is 8.83. The van der Waals surface area contributed by atoms with Crippen LogP contribution in [0.3, 0.4) is 0 Å². The van der Waals surface area contributed by atoms with Crippen molar-refractivity contribution in [3.63, 3.8) is 0 Å². The molecule has 1 saturated heterocycles. The molecule has 31 heavy (non-hydrogen) atoms. The van der Waals surface area contributed by atoms with Gasteiger partial charge in [-0.25, -0.2) is 0 Å². The van der Waals surface area contributed by atoms with E-state index in [2.05, 4.69) is 5.10 Å². The van der Waals surface area contributed by atoms with Crippen LogP contribution in [-0.4, -0.2) is 58.1 Å². The highest BCUT2D eigenvalue weighted by molar-refractivity contribution is 6.06. The van der Waals surface area contributed by atoms with Crippen LogP contribution in [-0.2, 0) is 20.9 Å². The Morgan fingerprint density at radius 2 is 1.87 bits per heavy atom. The molecule has 0 bridgehead atoms. The van der Waals surface area contributed by atoms with Gasteiger partial charge in [0.1, 0.15) is 6.54 Å². The summed E-state index contributed by atoms with van der Waals surface area (Å²) in [6.07, 6.45) is 6.55. The number of carbonyl (C=O) groups is 3. The summed E-state index contributed by atoms with van der Waals surface area (Å²) in [4.78, 5) is 43.0. The quantitative estimate of drug-likeness (QED) is 0.759. The van der Waals surface area contributed by atoms with E-state index >= 15 is 0 Å². The van der Waals surface area contributed by atoms with Crippen LogP contribution in [0.25, 0.3) is 11.1 Å². The number of aromatic nitrogens is 2. The molecule has 1 atom stereocenters. The average molecular weight is 422 g/mol. The maximum absolute atomic E-state index is 13.0. The molecule has 1 aromatic heterocycles. The number of hydrogen-bond acceptors (Lipinski definition) is 4. The summed E-state index contributed by atoms with van der Waals surface area (Å²) in [5.74, 6) is 0.295. The van der Waals surface area contributed by atoms with E-state index in [1.54, 1.807) is 22.7 Å². The molecule has 0 radical (unpaired) electrons. The first-order valence-corrected chi connectivity index (χ1v) is 11.0. The molecule has 2 fully saturated rings. The third kappa shape index (κ3) is 3.60. The smallest absolute Gasteiger partial charge is 0.244 e. The number of nitrogens with zero attached hydrogens (tertiary/aromatic N) is 5. The van der Waals surface area contributed by atoms with Gasteiger partial charge in [-0.1, -0.05) is 6.07 Å². The fraction of sp³-hybridized carbons (Fsp3) is 0.478. The number of likely N-dealkylation sites (tertiary alicyclic amines) is 1. The molecule has 0 spiro atoms. The van der Waals surface area contributed by atoms with Crippen molar-refractivity contribution in [2.75, 3.05) is 29.4 Å². The molecule has 5 rings (SSSR count). The molecule has 162 valence electrons. The van der Waals surface area contributed by atoms with Gasteiger partial charge in [0.25, 0.3) is 0 Å². The van der Waals surface area contributed by atoms with Gasteiger partial charge in [0.15, 0.2) is 0 Å². The fourth-order valence-electron chi connectivity index (χ4n) is 4.45. The zero-order valence-corrected chi connectivity index (χ0v) is 18.0. The highest BCUT2D eigenvalue weighted by atomic mass is 16.2. The number of fused-ring (bicyclic) bond motifs is 1. The van der Waals surface area contributed by atoms with Crippen LogP contribution < -0.4 is 9.80 Å². The molecule has 0 N–H and O–H groups in total. The zero-order valence-electron chi connectivity index (χ0n) is 18.0. The summed E-state index contributed by atoms with van der Waals surface area (Å²) < 4.78 is 1.66. The van der Waals surface area contributed by atoms with Crippen LogP contribution >= 0.6 is 0 Å². The van der Waals surface area contributed by atoms with Crippen LogP contribution in [0.2, 0.25) is 0 Å². The first-order chi connectivity index (χ1) is 14.9. The Morgan fingerprint density at radius 3 is 2.52 bits per heavy atom. The monoisotopic (exact) mass is 421 g/mol. The van der Waals surface area contributed by atoms with E-state index in [4.69, 9.17) is 0 Å². The number of amides is 3. The van der Waals surface area contributed by atoms with Gasteiger partial charge in [-0.15, -0.1) is 0 Å². The highest BCUT2D eigenvalue weighted by Gasteiger charge is 2.39. The largest absolute Gasteiger partial charge is 0.341 e. The van der Waals surface area contributed by atoms with Crippen molar-refractivity contribution in [3.8, 4) is 11.1 Å². The van der Waals surface area contributed by atoms with Gasteiger partial charge in [-0.2, -0.15) is 5.10 Å². The average Bonchev–Trinajstić information content (AvgIpc) is 3.44. The minimum atomic E-state index is -0.0752. The Labute approximate surface area is 181 Å². The lowest BCUT2D eigenvalue weighted by Crippen LogP contribution is -2.51. The lowest BCUT2D eigenvalue weighted by atomic mass is 10.0. The van der Waals surface area contributed by atoms with Crippen molar-refractivity contribution in [2.24, 2.45) is 5.92 Å². The van der Waals surface area contributed by atoms with Gasteiger partial charge < -0.3 is 14.7 Å². The number of carbonyl (C=O) groups excluding carboxylic acids is 3. The normalized spacial score (nSPS) is 20.3. The van der Waals surface area contributed by atoms with Crippen LogP contribution in [0.15, 0.2) is 30.6 Å². The van der Waals surface area contributed by atoms with Crippen LogP contribution in [0.4, 0.5) is 11.4 Å². The molecule has 1 aromatic carbocycles. The van der Waals surface area contributed by atoms with Gasteiger partial charge in [0.05, 0.1) is 23.6 Å². The van der Waals surface area contributed by atoms with E-state index in [9.17, 15) is 14.4 Å². The van der Waals surface area contributed by atoms with Crippen LogP contribution in [0.5, 0.6) is 0 Å². The summed E-state index contributed by atoms with van der Waals surface area (Å²) in [6, 6.07) is 5.76. The van der Waals surface area contributed by atoms with Gasteiger partial charge >= 0.3 is 0 Å². The number of benzene rings is 1. The van der Waals surface area contributed by atoms with E-state index < -0.39 is 0 Å². The zero-order chi connectivity index (χ0) is 21.7.